The minimum atomic E-state index is -4.86. The normalized spacial score (nSPS) is 12.1. The van der Waals surface area contributed by atoms with Crippen molar-refractivity contribution >= 4 is 23.1 Å². The van der Waals surface area contributed by atoms with Crippen molar-refractivity contribution in [2.45, 2.75) is 20.0 Å². The van der Waals surface area contributed by atoms with Gasteiger partial charge in [0.15, 0.2) is 0 Å². The predicted octanol–water partition coefficient (Wildman–Crippen LogP) is 2.89. The fourth-order valence-electron chi connectivity index (χ4n) is 1.41. The minimum absolute atomic E-state index is 0.0170. The number of nitrogens with two attached hydrogens (primary N) is 1. The first-order valence-corrected chi connectivity index (χ1v) is 6.31. The second-order valence-corrected chi connectivity index (χ2v) is 5.54. The number of alkyl halides is 3. The molecule has 0 saturated heterocycles. The van der Waals surface area contributed by atoms with E-state index in [1.807, 2.05) is 0 Å². The maximum Gasteiger partial charge on any atom is 0.419 e. The predicted molar refractivity (Wildman–Crippen MR) is 74.3 cm³/mol. The number of hydrogen-bond acceptors (Lipinski definition) is 2. The summed E-state index contributed by atoms with van der Waals surface area (Å²) in [6, 6.07) is 2.53. The van der Waals surface area contributed by atoms with Gasteiger partial charge in [-0.3, -0.25) is 4.79 Å². The summed E-state index contributed by atoms with van der Waals surface area (Å²) in [5.74, 6) is -2.56. The highest BCUT2D eigenvalue weighted by Gasteiger charge is 2.35. The van der Waals surface area contributed by atoms with E-state index in [2.05, 4.69) is 5.32 Å². The summed E-state index contributed by atoms with van der Waals surface area (Å²) < 4.78 is 51.5. The molecule has 8 heteroatoms. The minimum Gasteiger partial charge on any atom is -0.393 e. The van der Waals surface area contributed by atoms with Crippen LogP contribution in [0.15, 0.2) is 18.2 Å². The van der Waals surface area contributed by atoms with Gasteiger partial charge < -0.3 is 11.1 Å². The van der Waals surface area contributed by atoms with Crippen molar-refractivity contribution in [1.29, 1.82) is 0 Å². The summed E-state index contributed by atoms with van der Waals surface area (Å²) in [5.41, 5.74) is 2.57. The Hall–Kier alpha value is -1.70. The molecule has 0 unspecified atom stereocenters. The van der Waals surface area contributed by atoms with Crippen molar-refractivity contribution in [2.75, 3.05) is 6.54 Å². The van der Waals surface area contributed by atoms with Crippen LogP contribution in [-0.2, 0) is 6.18 Å². The number of carbonyl (C=O) groups excluding carboxylic acids is 1. The molecule has 0 heterocycles. The first-order valence-electron chi connectivity index (χ1n) is 5.90. The van der Waals surface area contributed by atoms with Gasteiger partial charge in [-0.25, -0.2) is 4.39 Å². The van der Waals surface area contributed by atoms with Gasteiger partial charge in [0, 0.05) is 12.0 Å². The van der Waals surface area contributed by atoms with Crippen LogP contribution in [0.2, 0.25) is 0 Å². The van der Waals surface area contributed by atoms with Gasteiger partial charge in [-0.05, 0) is 12.1 Å². The molecule has 0 saturated carbocycles. The molecular formula is C13H14F4N2OS. The Bertz CT molecular complexity index is 570. The van der Waals surface area contributed by atoms with Crippen LogP contribution in [-0.4, -0.2) is 17.4 Å². The third-order valence-corrected chi connectivity index (χ3v) is 3.46. The van der Waals surface area contributed by atoms with E-state index in [-0.39, 0.29) is 11.5 Å². The molecule has 3 nitrogen and oxygen atoms in total. The molecule has 21 heavy (non-hydrogen) atoms. The molecule has 1 rings (SSSR count). The third-order valence-electron chi connectivity index (χ3n) is 2.91. The van der Waals surface area contributed by atoms with Gasteiger partial charge in [0.1, 0.15) is 5.82 Å². The zero-order chi connectivity index (χ0) is 16.4. The summed E-state index contributed by atoms with van der Waals surface area (Å²) in [7, 11) is 0. The Labute approximate surface area is 124 Å². The van der Waals surface area contributed by atoms with Crippen LogP contribution in [0.25, 0.3) is 0 Å². The SMILES string of the molecule is CC(C)(CNC(=O)c1cccc(C(F)(F)F)c1F)C(N)=S. The molecule has 1 aromatic rings. The topological polar surface area (TPSA) is 55.1 Å². The Morgan fingerprint density at radius 1 is 1.33 bits per heavy atom. The molecule has 0 aliphatic rings. The van der Waals surface area contributed by atoms with E-state index in [1.54, 1.807) is 13.8 Å². The van der Waals surface area contributed by atoms with Crippen LogP contribution in [0.1, 0.15) is 29.8 Å². The summed E-state index contributed by atoms with van der Waals surface area (Å²) in [4.78, 5) is 11.9. The monoisotopic (exact) mass is 322 g/mol. The first kappa shape index (κ1) is 17.4. The number of benzene rings is 1. The average Bonchev–Trinajstić information content (AvgIpc) is 2.34. The fourth-order valence-corrected chi connectivity index (χ4v) is 1.48. The first-order chi connectivity index (χ1) is 9.47. The summed E-state index contributed by atoms with van der Waals surface area (Å²) in [6.07, 6.45) is -4.86. The van der Waals surface area contributed by atoms with E-state index < -0.39 is 34.4 Å². The number of halogens is 4. The molecule has 3 N–H and O–H groups in total. The molecule has 0 aliphatic heterocycles. The zero-order valence-corrected chi connectivity index (χ0v) is 12.2. The number of rotatable bonds is 4. The molecular weight excluding hydrogens is 308 g/mol. The molecule has 116 valence electrons. The van der Waals surface area contributed by atoms with Crippen LogP contribution in [0.4, 0.5) is 17.6 Å². The second-order valence-electron chi connectivity index (χ2n) is 5.10. The Balaban J connectivity index is 2.97. The highest BCUT2D eigenvalue weighted by Crippen LogP contribution is 2.32. The van der Waals surface area contributed by atoms with Crippen LogP contribution < -0.4 is 11.1 Å². The van der Waals surface area contributed by atoms with E-state index in [4.69, 9.17) is 18.0 Å². The van der Waals surface area contributed by atoms with Crippen molar-refractivity contribution < 1.29 is 22.4 Å². The molecule has 0 aromatic heterocycles. The molecule has 0 aliphatic carbocycles. The Morgan fingerprint density at radius 2 is 1.90 bits per heavy atom. The fraction of sp³-hybridized carbons (Fsp3) is 0.385. The molecule has 0 atom stereocenters. The summed E-state index contributed by atoms with van der Waals surface area (Å²) >= 11 is 4.80. The Morgan fingerprint density at radius 3 is 2.38 bits per heavy atom. The maximum absolute atomic E-state index is 13.8. The van der Waals surface area contributed by atoms with Crippen LogP contribution >= 0.6 is 12.2 Å². The highest BCUT2D eigenvalue weighted by molar-refractivity contribution is 7.80. The number of carbonyl (C=O) groups is 1. The number of hydrogen-bond donors (Lipinski definition) is 2. The van der Waals surface area contributed by atoms with Crippen LogP contribution in [0, 0.1) is 11.2 Å². The highest BCUT2D eigenvalue weighted by atomic mass is 32.1. The van der Waals surface area contributed by atoms with Crippen molar-refractivity contribution in [3.63, 3.8) is 0 Å². The lowest BCUT2D eigenvalue weighted by molar-refractivity contribution is -0.140. The summed E-state index contributed by atoms with van der Waals surface area (Å²) in [5, 5.41) is 2.33. The maximum atomic E-state index is 13.8. The van der Waals surface area contributed by atoms with E-state index in [9.17, 15) is 22.4 Å². The molecule has 0 bridgehead atoms. The van der Waals surface area contributed by atoms with Crippen LogP contribution in [0.3, 0.4) is 0 Å². The third kappa shape index (κ3) is 4.13. The lowest BCUT2D eigenvalue weighted by Gasteiger charge is -2.23. The van der Waals surface area contributed by atoms with Gasteiger partial charge in [-0.2, -0.15) is 13.2 Å². The number of thiocarbonyl (C=S) groups is 1. The quantitative estimate of drug-likeness (QED) is 0.662. The van der Waals surface area contributed by atoms with Crippen molar-refractivity contribution in [1.82, 2.24) is 5.32 Å². The van der Waals surface area contributed by atoms with Gasteiger partial charge in [-0.15, -0.1) is 0 Å². The van der Waals surface area contributed by atoms with E-state index in [0.717, 1.165) is 12.1 Å². The van der Waals surface area contributed by atoms with Crippen molar-refractivity contribution in [2.24, 2.45) is 11.1 Å². The largest absolute Gasteiger partial charge is 0.419 e. The van der Waals surface area contributed by atoms with Gasteiger partial charge in [-0.1, -0.05) is 32.1 Å². The molecule has 1 aromatic carbocycles. The second kappa shape index (κ2) is 5.97. The van der Waals surface area contributed by atoms with Gasteiger partial charge in [0.05, 0.1) is 16.1 Å². The van der Waals surface area contributed by atoms with Gasteiger partial charge in [0.25, 0.3) is 5.91 Å². The zero-order valence-electron chi connectivity index (χ0n) is 11.3. The van der Waals surface area contributed by atoms with E-state index in [0.29, 0.717) is 6.07 Å². The molecule has 0 fully saturated rings. The molecule has 0 radical (unpaired) electrons. The van der Waals surface area contributed by atoms with Crippen LogP contribution in [0.5, 0.6) is 0 Å². The standard InChI is InChI=1S/C13H14F4N2OS/c1-12(2,11(18)21)6-19-10(20)7-4-3-5-8(9(7)14)13(15,16)17/h3-5H,6H2,1-2H3,(H2,18,21)(H,19,20). The molecule has 0 spiro atoms. The number of nitrogens with one attached hydrogen (secondary N) is 1. The Kier molecular flexibility index (Phi) is 4.93. The smallest absolute Gasteiger partial charge is 0.393 e. The van der Waals surface area contributed by atoms with Crippen molar-refractivity contribution in [3.8, 4) is 0 Å². The van der Waals surface area contributed by atoms with Gasteiger partial charge >= 0.3 is 6.18 Å². The number of amides is 1. The van der Waals surface area contributed by atoms with E-state index >= 15 is 0 Å². The average molecular weight is 322 g/mol. The lowest BCUT2D eigenvalue weighted by atomic mass is 9.93. The van der Waals surface area contributed by atoms with E-state index in [1.165, 1.54) is 0 Å². The lowest BCUT2D eigenvalue weighted by Crippen LogP contribution is -2.41. The van der Waals surface area contributed by atoms with Crippen molar-refractivity contribution in [3.05, 3.63) is 35.1 Å². The summed E-state index contributed by atoms with van der Waals surface area (Å²) in [6.45, 7) is 3.28. The van der Waals surface area contributed by atoms with Gasteiger partial charge in [0.2, 0.25) is 0 Å². The molecule has 1 amide bonds.